The zero-order valence-corrected chi connectivity index (χ0v) is 10.4. The van der Waals surface area contributed by atoms with Crippen LogP contribution in [0.2, 0.25) is 0 Å². The molecule has 1 rings (SSSR count). The minimum atomic E-state index is 0.129. The molecule has 3 atom stereocenters. The van der Waals surface area contributed by atoms with Crippen LogP contribution in [0, 0.1) is 5.92 Å². The summed E-state index contributed by atoms with van der Waals surface area (Å²) in [7, 11) is 2.22. The summed E-state index contributed by atoms with van der Waals surface area (Å²) in [4.78, 5) is 0. The molecule has 66 valence electrons. The molecule has 1 aliphatic rings. The molecule has 1 fully saturated rings. The lowest BCUT2D eigenvalue weighted by Gasteiger charge is -2.18. The summed E-state index contributed by atoms with van der Waals surface area (Å²) in [5, 5.41) is 3.37. The van der Waals surface area contributed by atoms with E-state index in [1.807, 2.05) is 0 Å². The molecule has 0 aliphatic heterocycles. The van der Waals surface area contributed by atoms with Crippen LogP contribution in [-0.4, -0.2) is 23.8 Å². The van der Waals surface area contributed by atoms with E-state index in [1.165, 1.54) is 25.4 Å². The summed E-state index contributed by atoms with van der Waals surface area (Å²) in [6.45, 7) is 2.34. The van der Waals surface area contributed by atoms with Crippen LogP contribution in [0.25, 0.3) is 0 Å². The van der Waals surface area contributed by atoms with Gasteiger partial charge in [0.15, 0.2) is 0 Å². The van der Waals surface area contributed by atoms with Gasteiger partial charge in [-0.15, -0.1) is 0 Å². The molecular weight excluding hydrogens is 268 g/mol. The molecule has 1 saturated carbocycles. The van der Waals surface area contributed by atoms with Gasteiger partial charge in [0, 0.05) is 3.92 Å². The summed E-state index contributed by atoms with van der Waals surface area (Å²) in [5.74, 6) is 1.01. The molecule has 2 unspecified atom stereocenters. The highest BCUT2D eigenvalue weighted by Crippen LogP contribution is 2.39. The van der Waals surface area contributed by atoms with Gasteiger partial charge in [-0.2, -0.15) is 0 Å². The fraction of sp³-hybridized carbons (Fsp3) is 1.00. The van der Waals surface area contributed by atoms with Gasteiger partial charge >= 0.3 is 0 Å². The molecule has 11 heavy (non-hydrogen) atoms. The predicted molar refractivity (Wildman–Crippen MR) is 61.9 cm³/mol. The van der Waals surface area contributed by atoms with E-state index in [1.54, 1.807) is 0 Å². The highest BCUT2D eigenvalue weighted by molar-refractivity contribution is 14.1. The Morgan fingerprint density at radius 1 is 1.55 bits per heavy atom. The van der Waals surface area contributed by atoms with Gasteiger partial charge in [0.05, 0.1) is 0 Å². The Morgan fingerprint density at radius 2 is 2.27 bits per heavy atom. The highest BCUT2D eigenvalue weighted by atomic mass is 127. The fourth-order valence-electron chi connectivity index (χ4n) is 1.64. The van der Waals surface area contributed by atoms with Crippen molar-refractivity contribution in [3.05, 3.63) is 0 Å². The third-order valence-corrected chi connectivity index (χ3v) is 5.88. The lowest BCUT2D eigenvalue weighted by Crippen LogP contribution is -2.13. The van der Waals surface area contributed by atoms with Crippen molar-refractivity contribution in [3.63, 3.8) is 0 Å². The van der Waals surface area contributed by atoms with E-state index >= 15 is 0 Å². The number of hydrogen-bond acceptors (Lipinski definition) is 1. The zero-order chi connectivity index (χ0) is 8.27. The minimum Gasteiger partial charge on any atom is -0.299 e. The molecule has 0 aromatic rings. The van der Waals surface area contributed by atoms with Crippen molar-refractivity contribution < 1.29 is 0 Å². The second-order valence-corrected chi connectivity index (χ2v) is 7.12. The molecule has 0 saturated heterocycles. The first-order valence-corrected chi connectivity index (χ1v) is 7.48. The van der Waals surface area contributed by atoms with E-state index in [4.69, 9.17) is 0 Å². The third-order valence-electron chi connectivity index (χ3n) is 2.46. The van der Waals surface area contributed by atoms with Gasteiger partial charge in [-0.1, -0.05) is 29.0 Å². The Balaban J connectivity index is 2.24. The molecule has 0 bridgehead atoms. The average Bonchev–Trinajstić information content (AvgIpc) is 2.37. The molecule has 0 amide bonds. The Bertz CT molecular complexity index is 121. The summed E-state index contributed by atoms with van der Waals surface area (Å²) in [6.07, 6.45) is 5.82. The summed E-state index contributed by atoms with van der Waals surface area (Å²) in [5.41, 5.74) is 0. The summed E-state index contributed by atoms with van der Waals surface area (Å²) in [6, 6.07) is 0. The third kappa shape index (κ3) is 3.16. The molecule has 3 heteroatoms. The van der Waals surface area contributed by atoms with Crippen molar-refractivity contribution in [1.29, 1.82) is 0 Å². The Morgan fingerprint density at radius 3 is 2.73 bits per heavy atom. The van der Waals surface area contributed by atoms with Crippen molar-refractivity contribution in [2.75, 3.05) is 19.9 Å². The van der Waals surface area contributed by atoms with Gasteiger partial charge in [0.1, 0.15) is 0 Å². The quantitative estimate of drug-likeness (QED) is 0.477. The van der Waals surface area contributed by atoms with E-state index in [0.717, 1.165) is 9.84 Å². The van der Waals surface area contributed by atoms with Crippen LogP contribution in [-0.2, 0) is 0 Å². The van der Waals surface area contributed by atoms with E-state index < -0.39 is 0 Å². The van der Waals surface area contributed by atoms with Gasteiger partial charge < -0.3 is 0 Å². The first-order valence-electron chi connectivity index (χ1n) is 4.26. The molecule has 0 heterocycles. The van der Waals surface area contributed by atoms with Crippen LogP contribution in [0.3, 0.4) is 0 Å². The first-order chi connectivity index (χ1) is 5.24. The van der Waals surface area contributed by atoms with Gasteiger partial charge in [-0.25, -0.2) is 0 Å². The highest BCUT2D eigenvalue weighted by Gasteiger charge is 2.25. The van der Waals surface area contributed by atoms with Gasteiger partial charge in [-0.05, 0) is 46.7 Å². The van der Waals surface area contributed by atoms with E-state index in [2.05, 4.69) is 41.4 Å². The molecule has 1 N–H and O–H groups in total. The SMILES string of the molecule is CNP(C)C[C@@H]1CCCC1I. The van der Waals surface area contributed by atoms with Crippen molar-refractivity contribution >= 4 is 30.7 Å². The topological polar surface area (TPSA) is 12.0 Å². The summed E-state index contributed by atoms with van der Waals surface area (Å²) >= 11 is 2.63. The number of halogens is 1. The maximum absolute atomic E-state index is 3.37. The van der Waals surface area contributed by atoms with E-state index in [9.17, 15) is 0 Å². The standard InChI is InChI=1S/C8H17INP/c1-10-11(2)6-7-4-3-5-8(7)9/h7-8,10H,3-6H2,1-2H3/t7-,8?,11?/m0/s1. The van der Waals surface area contributed by atoms with Crippen LogP contribution in [0.4, 0.5) is 0 Å². The van der Waals surface area contributed by atoms with Crippen molar-refractivity contribution in [1.82, 2.24) is 5.09 Å². The Labute approximate surface area is 84.7 Å². The van der Waals surface area contributed by atoms with Gasteiger partial charge in [0.25, 0.3) is 0 Å². The number of nitrogens with one attached hydrogen (secondary N) is 1. The maximum atomic E-state index is 3.37. The van der Waals surface area contributed by atoms with Gasteiger partial charge in [0.2, 0.25) is 0 Å². The van der Waals surface area contributed by atoms with E-state index in [-0.39, 0.29) is 8.07 Å². The predicted octanol–water partition coefficient (Wildman–Crippen LogP) is 2.84. The minimum absolute atomic E-state index is 0.129. The van der Waals surface area contributed by atoms with Crippen LogP contribution in [0.1, 0.15) is 19.3 Å². The van der Waals surface area contributed by atoms with Crippen LogP contribution < -0.4 is 5.09 Å². The first kappa shape index (κ1) is 10.2. The molecule has 0 radical (unpaired) electrons. The normalized spacial score (nSPS) is 34.1. The summed E-state index contributed by atoms with van der Waals surface area (Å²) < 4.78 is 0.964. The van der Waals surface area contributed by atoms with Gasteiger partial charge in [-0.3, -0.25) is 5.09 Å². The van der Waals surface area contributed by atoms with Crippen molar-refractivity contribution in [2.45, 2.75) is 23.2 Å². The largest absolute Gasteiger partial charge is 0.299 e. The molecular formula is C8H17INP. The Hall–Kier alpha value is 1.12. The van der Waals surface area contributed by atoms with Crippen LogP contribution in [0.5, 0.6) is 0 Å². The lowest BCUT2D eigenvalue weighted by molar-refractivity contribution is 0.643. The monoisotopic (exact) mass is 285 g/mol. The second kappa shape index (κ2) is 4.98. The van der Waals surface area contributed by atoms with Crippen LogP contribution in [0.15, 0.2) is 0 Å². The van der Waals surface area contributed by atoms with Crippen molar-refractivity contribution in [2.24, 2.45) is 5.92 Å². The zero-order valence-electron chi connectivity index (χ0n) is 7.31. The fourth-order valence-corrected chi connectivity index (χ4v) is 4.42. The molecule has 0 spiro atoms. The number of alkyl halides is 1. The molecule has 1 nitrogen and oxygen atoms in total. The lowest BCUT2D eigenvalue weighted by atomic mass is 10.1. The molecule has 0 aromatic heterocycles. The number of hydrogen-bond donors (Lipinski definition) is 1. The van der Waals surface area contributed by atoms with E-state index in [0.29, 0.717) is 0 Å². The smallest absolute Gasteiger partial charge is 0.0142 e. The van der Waals surface area contributed by atoms with Crippen molar-refractivity contribution in [3.8, 4) is 0 Å². The Kier molecular flexibility index (Phi) is 4.62. The molecule has 1 aliphatic carbocycles. The van der Waals surface area contributed by atoms with Crippen LogP contribution >= 0.6 is 30.7 Å². The average molecular weight is 285 g/mol. The maximum Gasteiger partial charge on any atom is 0.0142 e. The second-order valence-electron chi connectivity index (χ2n) is 3.31. The number of rotatable bonds is 3. The molecule has 0 aromatic carbocycles.